The lowest BCUT2D eigenvalue weighted by Gasteiger charge is -2.25. The van der Waals surface area contributed by atoms with Gasteiger partial charge in [-0.1, -0.05) is 40.9 Å². The molecule has 1 aromatic carbocycles. The van der Waals surface area contributed by atoms with Crippen LogP contribution in [-0.2, 0) is 0 Å². The average molecular weight is 494 g/mol. The van der Waals surface area contributed by atoms with Crippen LogP contribution in [0.1, 0.15) is 40.3 Å². The fraction of sp³-hybridized carbons (Fsp3) is 0.333. The molecule has 1 aliphatic rings. The normalized spacial score (nSPS) is 19.2. The van der Waals surface area contributed by atoms with Crippen molar-refractivity contribution in [2.75, 3.05) is 13.1 Å². The summed E-state index contributed by atoms with van der Waals surface area (Å²) in [6.07, 6.45) is 1.34. The maximum absolute atomic E-state index is 13.3. The number of amides is 1. The smallest absolute Gasteiger partial charge is 0.257 e. The van der Waals surface area contributed by atoms with Gasteiger partial charge in [0.25, 0.3) is 5.91 Å². The van der Waals surface area contributed by atoms with E-state index in [1.165, 1.54) is 0 Å². The standard InChI is InChI=1S/C24H23Cl3N2O3/c1-13-8-18(14(2)31-13)24(30)29-11-19(15(3)32-23-7-5-17(25)10-28-23)20(12-29)16-4-6-21(26)22(27)9-16/h4-10,15,19-20H,11-12H2,1-3H3/t15-,19+,20+/m1/s1. The number of benzene rings is 1. The van der Waals surface area contributed by atoms with Gasteiger partial charge in [-0.2, -0.15) is 0 Å². The number of ether oxygens (including phenoxy) is 1. The summed E-state index contributed by atoms with van der Waals surface area (Å²) in [4.78, 5) is 19.4. The van der Waals surface area contributed by atoms with Crippen molar-refractivity contribution >= 4 is 40.7 Å². The van der Waals surface area contributed by atoms with Gasteiger partial charge >= 0.3 is 0 Å². The maximum atomic E-state index is 13.3. The topological polar surface area (TPSA) is 55.6 Å². The minimum absolute atomic E-state index is 0.0157. The lowest BCUT2D eigenvalue weighted by atomic mass is 9.86. The molecule has 3 aromatic rings. The minimum atomic E-state index is -0.215. The molecular formula is C24H23Cl3N2O3. The quantitative estimate of drug-likeness (QED) is 0.403. The van der Waals surface area contributed by atoms with E-state index in [0.717, 1.165) is 5.56 Å². The van der Waals surface area contributed by atoms with Crippen molar-refractivity contribution in [3.8, 4) is 5.88 Å². The van der Waals surface area contributed by atoms with E-state index in [2.05, 4.69) is 4.98 Å². The molecule has 1 saturated heterocycles. The molecule has 0 unspecified atom stereocenters. The Balaban J connectivity index is 1.62. The third-order valence-electron chi connectivity index (χ3n) is 5.91. The highest BCUT2D eigenvalue weighted by Crippen LogP contribution is 2.39. The number of hydrogen-bond acceptors (Lipinski definition) is 4. The van der Waals surface area contributed by atoms with E-state index in [4.69, 9.17) is 44.0 Å². The molecule has 168 valence electrons. The molecule has 0 aliphatic carbocycles. The molecule has 0 radical (unpaired) electrons. The second-order valence-corrected chi connectivity index (χ2v) is 9.37. The fourth-order valence-corrected chi connectivity index (χ4v) is 4.71. The van der Waals surface area contributed by atoms with E-state index in [9.17, 15) is 4.79 Å². The van der Waals surface area contributed by atoms with Crippen LogP contribution in [0.5, 0.6) is 5.88 Å². The van der Waals surface area contributed by atoms with Gasteiger partial charge in [0.05, 0.1) is 20.6 Å². The maximum Gasteiger partial charge on any atom is 0.257 e. The van der Waals surface area contributed by atoms with Crippen LogP contribution in [0.4, 0.5) is 0 Å². The second kappa shape index (κ2) is 9.34. The Morgan fingerprint density at radius 1 is 1.12 bits per heavy atom. The van der Waals surface area contributed by atoms with Gasteiger partial charge in [-0.15, -0.1) is 0 Å². The van der Waals surface area contributed by atoms with Crippen LogP contribution in [0.15, 0.2) is 47.0 Å². The number of furan rings is 1. The first-order valence-electron chi connectivity index (χ1n) is 10.3. The molecule has 3 atom stereocenters. The van der Waals surface area contributed by atoms with Crippen LogP contribution in [0.25, 0.3) is 0 Å². The third-order valence-corrected chi connectivity index (χ3v) is 6.87. The summed E-state index contributed by atoms with van der Waals surface area (Å²) in [5.74, 6) is 1.81. The number of likely N-dealkylation sites (tertiary alicyclic amines) is 1. The number of carbonyl (C=O) groups excluding carboxylic acids is 1. The van der Waals surface area contributed by atoms with Crippen molar-refractivity contribution < 1.29 is 13.9 Å². The highest BCUT2D eigenvalue weighted by Gasteiger charge is 2.41. The lowest BCUT2D eigenvalue weighted by molar-refractivity contribution is 0.0768. The molecule has 0 N–H and O–H groups in total. The van der Waals surface area contributed by atoms with Gasteiger partial charge in [0.1, 0.15) is 17.6 Å². The summed E-state index contributed by atoms with van der Waals surface area (Å²) >= 11 is 18.4. The van der Waals surface area contributed by atoms with Crippen molar-refractivity contribution in [3.05, 3.63) is 80.3 Å². The van der Waals surface area contributed by atoms with E-state index in [1.807, 2.05) is 37.8 Å². The summed E-state index contributed by atoms with van der Waals surface area (Å²) in [5, 5.41) is 1.53. The molecule has 0 saturated carbocycles. The number of carbonyl (C=O) groups is 1. The Hall–Kier alpha value is -2.21. The van der Waals surface area contributed by atoms with E-state index in [0.29, 0.717) is 51.1 Å². The Morgan fingerprint density at radius 2 is 1.91 bits per heavy atom. The lowest BCUT2D eigenvalue weighted by Crippen LogP contribution is -2.32. The van der Waals surface area contributed by atoms with Crippen LogP contribution in [0.2, 0.25) is 15.1 Å². The summed E-state index contributed by atoms with van der Waals surface area (Å²) in [6.45, 7) is 6.70. The second-order valence-electron chi connectivity index (χ2n) is 8.12. The van der Waals surface area contributed by atoms with Crippen molar-refractivity contribution in [3.63, 3.8) is 0 Å². The summed E-state index contributed by atoms with van der Waals surface area (Å²) in [6, 6.07) is 10.9. The van der Waals surface area contributed by atoms with E-state index in [-0.39, 0.29) is 23.8 Å². The van der Waals surface area contributed by atoms with Gasteiger partial charge in [-0.3, -0.25) is 4.79 Å². The summed E-state index contributed by atoms with van der Waals surface area (Å²) < 4.78 is 11.7. The number of hydrogen-bond donors (Lipinski definition) is 0. The predicted octanol–water partition coefficient (Wildman–Crippen LogP) is 6.57. The molecule has 0 bridgehead atoms. The molecule has 0 spiro atoms. The molecule has 8 heteroatoms. The van der Waals surface area contributed by atoms with Crippen molar-refractivity contribution in [2.45, 2.75) is 32.8 Å². The zero-order chi connectivity index (χ0) is 23.0. The van der Waals surface area contributed by atoms with Gasteiger partial charge in [0, 0.05) is 37.2 Å². The Kier molecular flexibility index (Phi) is 6.70. The van der Waals surface area contributed by atoms with Crippen LogP contribution >= 0.6 is 34.8 Å². The summed E-state index contributed by atoms with van der Waals surface area (Å²) in [5.41, 5.74) is 1.60. The monoisotopic (exact) mass is 492 g/mol. The molecule has 32 heavy (non-hydrogen) atoms. The molecular weight excluding hydrogens is 471 g/mol. The number of pyridine rings is 1. The Bertz CT molecular complexity index is 1130. The minimum Gasteiger partial charge on any atom is -0.474 e. The molecule has 5 nitrogen and oxygen atoms in total. The Morgan fingerprint density at radius 3 is 2.53 bits per heavy atom. The van der Waals surface area contributed by atoms with Crippen molar-refractivity contribution in [1.29, 1.82) is 0 Å². The first-order chi connectivity index (χ1) is 15.2. The number of aryl methyl sites for hydroxylation is 2. The molecule has 2 aromatic heterocycles. The molecule has 3 heterocycles. The highest BCUT2D eigenvalue weighted by atomic mass is 35.5. The van der Waals surface area contributed by atoms with Crippen LogP contribution in [-0.4, -0.2) is 35.0 Å². The largest absolute Gasteiger partial charge is 0.474 e. The molecule has 4 rings (SSSR count). The first kappa shape index (κ1) is 23.0. The van der Waals surface area contributed by atoms with Crippen LogP contribution in [0, 0.1) is 19.8 Å². The van der Waals surface area contributed by atoms with Gasteiger partial charge in [-0.05, 0) is 50.6 Å². The zero-order valence-corrected chi connectivity index (χ0v) is 20.2. The van der Waals surface area contributed by atoms with E-state index < -0.39 is 0 Å². The van der Waals surface area contributed by atoms with Gasteiger partial charge in [-0.25, -0.2) is 4.98 Å². The van der Waals surface area contributed by atoms with E-state index in [1.54, 1.807) is 30.5 Å². The number of aromatic nitrogens is 1. The molecule has 1 amide bonds. The van der Waals surface area contributed by atoms with Crippen LogP contribution in [0.3, 0.4) is 0 Å². The first-order valence-corrected chi connectivity index (χ1v) is 11.5. The highest BCUT2D eigenvalue weighted by molar-refractivity contribution is 6.42. The van der Waals surface area contributed by atoms with Gasteiger partial charge in [0.2, 0.25) is 5.88 Å². The zero-order valence-electron chi connectivity index (χ0n) is 17.9. The number of rotatable bonds is 5. The SMILES string of the molecule is Cc1cc(C(=O)N2C[C@@H]([C@@H](C)Oc3ccc(Cl)cn3)[C@H](c3ccc(Cl)c(Cl)c3)C2)c(C)o1. The predicted molar refractivity (Wildman–Crippen MR) is 126 cm³/mol. The summed E-state index contributed by atoms with van der Waals surface area (Å²) in [7, 11) is 0. The molecule has 1 fully saturated rings. The van der Waals surface area contributed by atoms with E-state index >= 15 is 0 Å². The number of halogens is 3. The van der Waals surface area contributed by atoms with Crippen molar-refractivity contribution in [2.24, 2.45) is 5.92 Å². The van der Waals surface area contributed by atoms with Gasteiger partial charge < -0.3 is 14.1 Å². The fourth-order valence-electron chi connectivity index (χ4n) is 4.29. The number of nitrogens with zero attached hydrogens (tertiary/aromatic N) is 2. The van der Waals surface area contributed by atoms with Crippen LogP contribution < -0.4 is 4.74 Å². The van der Waals surface area contributed by atoms with Gasteiger partial charge in [0.15, 0.2) is 0 Å². The van der Waals surface area contributed by atoms with Crippen molar-refractivity contribution in [1.82, 2.24) is 9.88 Å². The third kappa shape index (κ3) is 4.75. The average Bonchev–Trinajstić information content (AvgIpc) is 3.34. The Labute approximate surface area is 202 Å². The molecule has 1 aliphatic heterocycles.